The number of hydrogen-bond donors (Lipinski definition) is 1. The number of hydrogen-bond acceptors (Lipinski definition) is 4. The van der Waals surface area contributed by atoms with Crippen LogP contribution in [-0.2, 0) is 10.0 Å². The first-order chi connectivity index (χ1) is 13.8. The summed E-state index contributed by atoms with van der Waals surface area (Å²) in [7, 11) is -0.614. The van der Waals surface area contributed by atoms with Gasteiger partial charge in [-0.15, -0.1) is 0 Å². The van der Waals surface area contributed by atoms with Crippen molar-refractivity contribution < 1.29 is 17.9 Å². The zero-order chi connectivity index (χ0) is 21.0. The van der Waals surface area contributed by atoms with E-state index in [0.717, 1.165) is 5.56 Å². The number of methoxy groups -OCH3 is 1. The average Bonchev–Trinajstić information content (AvgIpc) is 2.74. The number of carbonyl (C=O) groups is 1. The summed E-state index contributed by atoms with van der Waals surface area (Å²) in [4.78, 5) is 12.6. The lowest BCUT2D eigenvalue weighted by molar-refractivity contribution is 0.102. The molecule has 0 heterocycles. The molecule has 0 bridgehead atoms. The molecule has 150 valence electrons. The van der Waals surface area contributed by atoms with Gasteiger partial charge < -0.3 is 10.1 Å². The van der Waals surface area contributed by atoms with Gasteiger partial charge in [0.25, 0.3) is 15.9 Å². The van der Waals surface area contributed by atoms with Crippen LogP contribution in [0.4, 0.5) is 11.4 Å². The van der Waals surface area contributed by atoms with Crippen molar-refractivity contribution in [3.63, 3.8) is 0 Å². The molecule has 0 aliphatic rings. The van der Waals surface area contributed by atoms with Crippen molar-refractivity contribution in [2.45, 2.75) is 11.8 Å². The fourth-order valence-electron chi connectivity index (χ4n) is 2.71. The molecule has 0 spiro atoms. The van der Waals surface area contributed by atoms with Crippen LogP contribution in [-0.4, -0.2) is 28.5 Å². The number of carbonyl (C=O) groups excluding carboxylic acids is 1. The van der Waals surface area contributed by atoms with Gasteiger partial charge in [-0.25, -0.2) is 8.42 Å². The number of nitrogens with zero attached hydrogens (tertiary/aromatic N) is 1. The predicted octanol–water partition coefficient (Wildman–Crippen LogP) is 4.08. The smallest absolute Gasteiger partial charge is 0.264 e. The fraction of sp³-hybridized carbons (Fsp3) is 0.136. The van der Waals surface area contributed by atoms with Crippen LogP contribution >= 0.6 is 0 Å². The number of aryl methyl sites for hydroxylation is 1. The predicted molar refractivity (Wildman–Crippen MR) is 114 cm³/mol. The Morgan fingerprint density at radius 2 is 1.48 bits per heavy atom. The molecule has 3 aromatic rings. The van der Waals surface area contributed by atoms with Crippen LogP contribution in [0.5, 0.6) is 5.75 Å². The number of nitrogens with one attached hydrogen (secondary N) is 1. The lowest BCUT2D eigenvalue weighted by atomic mass is 10.2. The Bertz CT molecular complexity index is 1090. The summed E-state index contributed by atoms with van der Waals surface area (Å²) in [6, 6.07) is 20.1. The number of benzene rings is 3. The Labute approximate surface area is 170 Å². The fourth-order valence-corrected chi connectivity index (χ4v) is 3.90. The maximum absolute atomic E-state index is 12.8. The largest absolute Gasteiger partial charge is 0.497 e. The second-order valence-electron chi connectivity index (χ2n) is 6.52. The first-order valence-electron chi connectivity index (χ1n) is 8.92. The first-order valence-corrected chi connectivity index (χ1v) is 10.4. The Kier molecular flexibility index (Phi) is 5.89. The molecule has 1 N–H and O–H groups in total. The van der Waals surface area contributed by atoms with Crippen LogP contribution in [0, 0.1) is 6.92 Å². The Balaban J connectivity index is 1.74. The molecular weight excluding hydrogens is 388 g/mol. The standard InChI is InChI=1S/C22H22N2O4S/c1-16-4-14-21(15-5-16)29(26,27)24(2)19-10-6-17(7-11-19)22(25)23-18-8-12-20(28-3)13-9-18/h4-15H,1-3H3,(H,23,25). The first kappa shape index (κ1) is 20.4. The number of anilines is 2. The number of ether oxygens (including phenoxy) is 1. The van der Waals surface area contributed by atoms with Crippen molar-refractivity contribution in [3.05, 3.63) is 83.9 Å². The van der Waals surface area contributed by atoms with E-state index in [4.69, 9.17) is 4.74 Å². The van der Waals surface area contributed by atoms with E-state index in [0.29, 0.717) is 22.7 Å². The van der Waals surface area contributed by atoms with Crippen LogP contribution in [0.2, 0.25) is 0 Å². The van der Waals surface area contributed by atoms with Gasteiger partial charge in [-0.3, -0.25) is 9.10 Å². The topological polar surface area (TPSA) is 75.7 Å². The van der Waals surface area contributed by atoms with Gasteiger partial charge in [-0.05, 0) is 67.6 Å². The number of amides is 1. The summed E-state index contributed by atoms with van der Waals surface area (Å²) in [5.41, 5.74) is 2.51. The molecule has 3 rings (SSSR count). The van der Waals surface area contributed by atoms with E-state index in [1.165, 1.54) is 11.4 Å². The van der Waals surface area contributed by atoms with Crippen LogP contribution in [0.1, 0.15) is 15.9 Å². The molecule has 0 aromatic heterocycles. The third-order valence-electron chi connectivity index (χ3n) is 4.52. The molecule has 3 aromatic carbocycles. The van der Waals surface area contributed by atoms with E-state index in [2.05, 4.69) is 5.32 Å². The highest BCUT2D eigenvalue weighted by Gasteiger charge is 2.21. The van der Waals surface area contributed by atoms with Gasteiger partial charge in [0.2, 0.25) is 0 Å². The Morgan fingerprint density at radius 3 is 2.03 bits per heavy atom. The van der Waals surface area contributed by atoms with E-state index in [1.54, 1.807) is 79.9 Å². The quantitative estimate of drug-likeness (QED) is 0.664. The maximum Gasteiger partial charge on any atom is 0.264 e. The molecular formula is C22H22N2O4S. The van der Waals surface area contributed by atoms with Gasteiger partial charge in [0.1, 0.15) is 5.75 Å². The second-order valence-corrected chi connectivity index (χ2v) is 8.48. The normalized spacial score (nSPS) is 11.0. The average molecular weight is 410 g/mol. The minimum Gasteiger partial charge on any atom is -0.497 e. The molecule has 1 amide bonds. The van der Waals surface area contributed by atoms with Crippen molar-refractivity contribution in [3.8, 4) is 5.75 Å². The van der Waals surface area contributed by atoms with Crippen LogP contribution in [0.3, 0.4) is 0 Å². The van der Waals surface area contributed by atoms with Gasteiger partial charge in [0, 0.05) is 18.3 Å². The summed E-state index contributed by atoms with van der Waals surface area (Å²) in [5, 5.41) is 2.79. The summed E-state index contributed by atoms with van der Waals surface area (Å²) in [6.07, 6.45) is 0. The SMILES string of the molecule is COc1ccc(NC(=O)c2ccc(N(C)S(=O)(=O)c3ccc(C)cc3)cc2)cc1. The summed E-state index contributed by atoms with van der Waals surface area (Å²) >= 11 is 0. The highest BCUT2D eigenvalue weighted by atomic mass is 32.2. The monoisotopic (exact) mass is 410 g/mol. The molecule has 0 aliphatic carbocycles. The molecule has 0 atom stereocenters. The third-order valence-corrected chi connectivity index (χ3v) is 6.32. The number of rotatable bonds is 6. The maximum atomic E-state index is 12.8. The van der Waals surface area contributed by atoms with Gasteiger partial charge in [-0.1, -0.05) is 17.7 Å². The molecule has 0 aliphatic heterocycles. The van der Waals surface area contributed by atoms with Crippen molar-refractivity contribution in [1.82, 2.24) is 0 Å². The molecule has 0 saturated carbocycles. The van der Waals surface area contributed by atoms with Gasteiger partial charge >= 0.3 is 0 Å². The lowest BCUT2D eigenvalue weighted by Gasteiger charge is -2.20. The highest BCUT2D eigenvalue weighted by Crippen LogP contribution is 2.23. The molecule has 0 fully saturated rings. The molecule has 7 heteroatoms. The summed E-state index contributed by atoms with van der Waals surface area (Å²) in [6.45, 7) is 1.90. The van der Waals surface area contributed by atoms with Crippen LogP contribution < -0.4 is 14.4 Å². The minimum atomic E-state index is -3.68. The molecule has 0 saturated heterocycles. The van der Waals surface area contributed by atoms with E-state index >= 15 is 0 Å². The summed E-state index contributed by atoms with van der Waals surface area (Å²) in [5.74, 6) is 0.413. The van der Waals surface area contributed by atoms with E-state index < -0.39 is 10.0 Å². The van der Waals surface area contributed by atoms with E-state index in [9.17, 15) is 13.2 Å². The van der Waals surface area contributed by atoms with Gasteiger partial charge in [-0.2, -0.15) is 0 Å². The summed E-state index contributed by atoms with van der Waals surface area (Å²) < 4.78 is 31.9. The van der Waals surface area contributed by atoms with Crippen molar-refractivity contribution in [1.29, 1.82) is 0 Å². The zero-order valence-electron chi connectivity index (χ0n) is 16.4. The van der Waals surface area contributed by atoms with Crippen molar-refractivity contribution in [2.24, 2.45) is 0 Å². The van der Waals surface area contributed by atoms with Crippen molar-refractivity contribution in [2.75, 3.05) is 23.8 Å². The Hall–Kier alpha value is -3.32. The second kappa shape index (κ2) is 8.36. The Morgan fingerprint density at radius 1 is 0.897 bits per heavy atom. The third kappa shape index (κ3) is 4.57. The van der Waals surface area contributed by atoms with Crippen molar-refractivity contribution >= 4 is 27.3 Å². The molecule has 29 heavy (non-hydrogen) atoms. The minimum absolute atomic E-state index is 0.215. The van der Waals surface area contributed by atoms with Crippen LogP contribution in [0.15, 0.2) is 77.7 Å². The molecule has 0 radical (unpaired) electrons. The lowest BCUT2D eigenvalue weighted by Crippen LogP contribution is -2.26. The highest BCUT2D eigenvalue weighted by molar-refractivity contribution is 7.92. The van der Waals surface area contributed by atoms with Gasteiger partial charge in [0.15, 0.2) is 0 Å². The van der Waals surface area contributed by atoms with E-state index in [-0.39, 0.29) is 10.8 Å². The molecule has 6 nitrogen and oxygen atoms in total. The molecule has 0 unspecified atom stereocenters. The van der Waals surface area contributed by atoms with Gasteiger partial charge in [0.05, 0.1) is 17.7 Å². The van der Waals surface area contributed by atoms with E-state index in [1.807, 2.05) is 6.92 Å². The van der Waals surface area contributed by atoms with Crippen LogP contribution in [0.25, 0.3) is 0 Å². The number of sulfonamides is 1. The zero-order valence-corrected chi connectivity index (χ0v) is 17.2.